The van der Waals surface area contributed by atoms with Crippen LogP contribution in [0.3, 0.4) is 0 Å². The van der Waals surface area contributed by atoms with Crippen molar-refractivity contribution < 1.29 is 19.0 Å². The molecule has 2 aliphatic heterocycles. The van der Waals surface area contributed by atoms with E-state index in [9.17, 15) is 4.79 Å². The van der Waals surface area contributed by atoms with Crippen LogP contribution in [0.5, 0.6) is 17.2 Å². The molecule has 0 spiro atoms. The van der Waals surface area contributed by atoms with Gasteiger partial charge in [-0.25, -0.2) is 0 Å². The lowest BCUT2D eigenvalue weighted by molar-refractivity contribution is -0.115. The molecule has 2 N–H and O–H groups in total. The summed E-state index contributed by atoms with van der Waals surface area (Å²) in [5, 5.41) is 7.01. The topological polar surface area (TPSA) is 89.9 Å². The van der Waals surface area contributed by atoms with E-state index in [1.807, 2.05) is 61.5 Å². The van der Waals surface area contributed by atoms with Crippen molar-refractivity contribution in [3.8, 4) is 22.9 Å². The van der Waals surface area contributed by atoms with Crippen LogP contribution in [0.2, 0.25) is 0 Å². The third kappa shape index (κ3) is 4.74. The number of nitrogens with zero attached hydrogens (tertiary/aromatic N) is 3. The Kier molecular flexibility index (Phi) is 7.00. The summed E-state index contributed by atoms with van der Waals surface area (Å²) in [5.41, 5.74) is 6.57. The number of carbonyl (C=O) groups excluding carboxylic acids is 1. The monoisotopic (exact) mass is 569 g/mol. The Bertz CT molecular complexity index is 1640. The Balaban J connectivity index is 1.47. The molecular weight excluding hydrogens is 538 g/mol. The number of ether oxygens (including phenoxy) is 3. The van der Waals surface area contributed by atoms with Gasteiger partial charge in [0, 0.05) is 47.5 Å². The number of hydrogen-bond donors (Lipinski definition) is 2. The molecule has 0 bridgehead atoms. The molecule has 2 aliphatic rings. The van der Waals surface area contributed by atoms with Crippen molar-refractivity contribution in [3.63, 3.8) is 0 Å². The lowest BCUT2D eigenvalue weighted by Crippen LogP contribution is -2.29. The number of aromatic nitrogens is 2. The number of amides is 1. The molecule has 0 radical (unpaired) electrons. The van der Waals surface area contributed by atoms with Crippen molar-refractivity contribution in [2.45, 2.75) is 39.3 Å². The zero-order chi connectivity index (χ0) is 28.7. The Morgan fingerprint density at radius 2 is 1.90 bits per heavy atom. The minimum absolute atomic E-state index is 0.0848. The van der Waals surface area contributed by atoms with Gasteiger partial charge in [-0.1, -0.05) is 13.0 Å². The van der Waals surface area contributed by atoms with Crippen LogP contribution in [0, 0.1) is 13.8 Å². The van der Waals surface area contributed by atoms with Crippen LogP contribution in [0.4, 0.5) is 11.4 Å². The summed E-state index contributed by atoms with van der Waals surface area (Å²) in [6.07, 6.45) is 2.17. The molecule has 4 aromatic rings. The lowest BCUT2D eigenvalue weighted by atomic mass is 9.96. The molecule has 1 amide bonds. The number of pyridine rings is 1. The predicted molar refractivity (Wildman–Crippen MR) is 161 cm³/mol. The van der Waals surface area contributed by atoms with Crippen molar-refractivity contribution in [1.29, 1.82) is 0 Å². The fraction of sp³-hybridized carbons (Fsp3) is 0.258. The maximum atomic E-state index is 12.1. The second-order valence-corrected chi connectivity index (χ2v) is 10.4. The van der Waals surface area contributed by atoms with Crippen molar-refractivity contribution in [2.24, 2.45) is 0 Å². The summed E-state index contributed by atoms with van der Waals surface area (Å²) in [6.45, 7) is 6.25. The Morgan fingerprint density at radius 3 is 2.66 bits per heavy atom. The van der Waals surface area contributed by atoms with E-state index in [-0.39, 0.29) is 24.8 Å². The summed E-state index contributed by atoms with van der Waals surface area (Å²) in [5.74, 6) is 1.95. The molecule has 2 aromatic carbocycles. The van der Waals surface area contributed by atoms with Gasteiger partial charge >= 0.3 is 0 Å². The zero-order valence-electron chi connectivity index (χ0n) is 23.3. The van der Waals surface area contributed by atoms with Gasteiger partial charge in [0.1, 0.15) is 5.75 Å². The second-order valence-electron chi connectivity index (χ2n) is 9.98. The fourth-order valence-electron chi connectivity index (χ4n) is 5.63. The number of benzene rings is 2. The van der Waals surface area contributed by atoms with Gasteiger partial charge in [-0.15, -0.1) is 0 Å². The highest BCUT2D eigenvalue weighted by molar-refractivity contribution is 7.80. The number of anilines is 2. The van der Waals surface area contributed by atoms with Gasteiger partial charge < -0.3 is 34.3 Å². The molecule has 4 heterocycles. The Hall–Kier alpha value is -4.57. The summed E-state index contributed by atoms with van der Waals surface area (Å²) >= 11 is 5.95. The molecule has 9 nitrogen and oxygen atoms in total. The molecular formula is C31H31N5O4S. The molecule has 10 heteroatoms. The summed E-state index contributed by atoms with van der Waals surface area (Å²) in [4.78, 5) is 18.9. The fourth-order valence-corrected chi connectivity index (χ4v) is 5.98. The SMILES string of the molecule is CCC(=O)Nc1ccc(N2C(=S)N[C@@H](c3ccccn3)[C@H]2c2cc(C)n(-c3ccc4c(c3)OCO4)c2C)cc1OC. The lowest BCUT2D eigenvalue weighted by Gasteiger charge is -2.29. The van der Waals surface area contributed by atoms with E-state index < -0.39 is 0 Å². The summed E-state index contributed by atoms with van der Waals surface area (Å²) in [7, 11) is 1.59. The summed E-state index contributed by atoms with van der Waals surface area (Å²) < 4.78 is 19.1. The van der Waals surface area contributed by atoms with Gasteiger partial charge in [0.05, 0.1) is 30.6 Å². The van der Waals surface area contributed by atoms with E-state index in [4.69, 9.17) is 26.4 Å². The number of nitrogens with one attached hydrogen (secondary N) is 2. The molecule has 0 unspecified atom stereocenters. The molecule has 2 aromatic heterocycles. The molecule has 1 fully saturated rings. The maximum Gasteiger partial charge on any atom is 0.231 e. The number of carbonyl (C=O) groups is 1. The van der Waals surface area contributed by atoms with Crippen molar-refractivity contribution in [2.75, 3.05) is 24.1 Å². The molecule has 1 saturated heterocycles. The molecule has 210 valence electrons. The van der Waals surface area contributed by atoms with Gasteiger partial charge in [0.25, 0.3) is 0 Å². The van der Waals surface area contributed by atoms with Gasteiger partial charge in [0.2, 0.25) is 12.7 Å². The second kappa shape index (κ2) is 10.8. The van der Waals surface area contributed by atoms with Crippen LogP contribution in [0.15, 0.2) is 66.9 Å². The minimum Gasteiger partial charge on any atom is -0.494 e. The first kappa shape index (κ1) is 26.6. The minimum atomic E-state index is -0.216. The van der Waals surface area contributed by atoms with E-state index in [0.29, 0.717) is 23.0 Å². The first-order chi connectivity index (χ1) is 19.9. The molecule has 0 aliphatic carbocycles. The third-order valence-corrected chi connectivity index (χ3v) is 7.87. The number of fused-ring (bicyclic) bond motifs is 1. The Labute approximate surface area is 244 Å². The first-order valence-electron chi connectivity index (χ1n) is 13.5. The average molecular weight is 570 g/mol. The maximum absolute atomic E-state index is 12.1. The largest absolute Gasteiger partial charge is 0.494 e. The summed E-state index contributed by atoms with van der Waals surface area (Å²) in [6, 6.07) is 19.4. The van der Waals surface area contributed by atoms with Gasteiger partial charge in [-0.05, 0) is 74.1 Å². The molecule has 2 atom stereocenters. The van der Waals surface area contributed by atoms with Crippen LogP contribution >= 0.6 is 12.2 Å². The highest BCUT2D eigenvalue weighted by Crippen LogP contribution is 2.45. The van der Waals surface area contributed by atoms with Gasteiger partial charge in [-0.3, -0.25) is 9.78 Å². The van der Waals surface area contributed by atoms with Crippen molar-refractivity contribution in [3.05, 3.63) is 89.5 Å². The van der Waals surface area contributed by atoms with Crippen LogP contribution in [-0.4, -0.2) is 34.5 Å². The highest BCUT2D eigenvalue weighted by Gasteiger charge is 2.42. The molecule has 41 heavy (non-hydrogen) atoms. The average Bonchev–Trinajstić information content (AvgIpc) is 3.68. The Morgan fingerprint density at radius 1 is 1.10 bits per heavy atom. The van der Waals surface area contributed by atoms with E-state index in [0.717, 1.165) is 45.5 Å². The van der Waals surface area contributed by atoms with Crippen LogP contribution in [-0.2, 0) is 4.79 Å². The van der Waals surface area contributed by atoms with Crippen LogP contribution in [0.25, 0.3) is 5.69 Å². The van der Waals surface area contributed by atoms with Crippen molar-refractivity contribution in [1.82, 2.24) is 14.9 Å². The molecule has 6 rings (SSSR count). The van der Waals surface area contributed by atoms with Crippen LogP contribution < -0.4 is 29.7 Å². The van der Waals surface area contributed by atoms with E-state index in [1.54, 1.807) is 13.3 Å². The predicted octanol–water partition coefficient (Wildman–Crippen LogP) is 5.75. The van der Waals surface area contributed by atoms with Crippen molar-refractivity contribution >= 4 is 34.6 Å². The third-order valence-electron chi connectivity index (χ3n) is 7.56. The van der Waals surface area contributed by atoms with E-state index >= 15 is 0 Å². The van der Waals surface area contributed by atoms with E-state index in [1.165, 1.54) is 0 Å². The van der Waals surface area contributed by atoms with E-state index in [2.05, 4.69) is 45.0 Å². The number of hydrogen-bond acceptors (Lipinski definition) is 6. The number of rotatable bonds is 7. The smallest absolute Gasteiger partial charge is 0.231 e. The van der Waals surface area contributed by atoms with Gasteiger partial charge in [-0.2, -0.15) is 0 Å². The first-order valence-corrected chi connectivity index (χ1v) is 13.9. The quantitative estimate of drug-likeness (QED) is 0.272. The molecule has 0 saturated carbocycles. The number of thiocarbonyl (C=S) groups is 1. The number of methoxy groups -OCH3 is 1. The van der Waals surface area contributed by atoms with Crippen LogP contribution in [0.1, 0.15) is 48.1 Å². The highest BCUT2D eigenvalue weighted by atomic mass is 32.1. The zero-order valence-corrected chi connectivity index (χ0v) is 24.1. The number of aryl methyl sites for hydroxylation is 1. The van der Waals surface area contributed by atoms with Gasteiger partial charge in [0.15, 0.2) is 16.6 Å². The standard InChI is InChI=1S/C31H31N5O4S/c1-5-28(37)33-23-11-9-21(15-26(23)38-4)36-30(29(34-31(36)41)24-8-6-7-13-32-24)22-14-18(2)35(19(22)3)20-10-12-25-27(16-20)40-17-39-25/h6-16,29-30H,5,17H2,1-4H3,(H,33,37)(H,34,41)/t29-,30+/m0/s1. The normalized spacial score (nSPS) is 17.5.